The Morgan fingerprint density at radius 3 is 2.64 bits per heavy atom. The number of aryl methyl sites for hydroxylation is 2. The number of carbonyl (C=O) groups is 1. The van der Waals surface area contributed by atoms with Gasteiger partial charge in [-0.05, 0) is 88.2 Å². The van der Waals surface area contributed by atoms with Gasteiger partial charge in [0.05, 0.1) is 24.1 Å². The first-order valence-electron chi connectivity index (χ1n) is 12.9. The van der Waals surface area contributed by atoms with Gasteiger partial charge in [-0.2, -0.15) is 0 Å². The number of rotatable bonds is 7. The maximum atomic E-state index is 13.6. The summed E-state index contributed by atoms with van der Waals surface area (Å²) in [7, 11) is 2.11. The topological polar surface area (TPSA) is 57.7 Å². The average Bonchev–Trinajstić information content (AvgIpc) is 3.61. The monoisotopic (exact) mass is 488 g/mol. The molecule has 1 amide bonds. The van der Waals surface area contributed by atoms with Crippen molar-refractivity contribution in [3.8, 4) is 5.75 Å². The lowest BCUT2D eigenvalue weighted by Crippen LogP contribution is -2.48. The van der Waals surface area contributed by atoms with Crippen LogP contribution in [0.25, 0.3) is 10.9 Å². The highest BCUT2D eigenvalue weighted by Crippen LogP contribution is 2.49. The second kappa shape index (κ2) is 8.73. The van der Waals surface area contributed by atoms with Crippen LogP contribution in [0.2, 0.25) is 0 Å². The second-order valence-electron chi connectivity index (χ2n) is 10.8. The van der Waals surface area contributed by atoms with E-state index in [9.17, 15) is 9.18 Å². The Bertz CT molecular complexity index is 1330. The van der Waals surface area contributed by atoms with Gasteiger partial charge in [0.15, 0.2) is 0 Å². The molecule has 1 atom stereocenters. The maximum Gasteiger partial charge on any atom is 0.252 e. The molecule has 0 unspecified atom stereocenters. The zero-order valence-electron chi connectivity index (χ0n) is 21.2. The predicted octanol–water partition coefficient (Wildman–Crippen LogP) is 4.51. The van der Waals surface area contributed by atoms with Crippen LogP contribution in [0.15, 0.2) is 42.5 Å². The highest BCUT2D eigenvalue weighted by atomic mass is 19.1. The minimum Gasteiger partial charge on any atom is -0.492 e. The number of likely N-dealkylation sites (N-methyl/N-ethyl adjacent to an activating group) is 1. The number of nitrogens with one attached hydrogen (secondary N) is 1. The summed E-state index contributed by atoms with van der Waals surface area (Å²) < 4.78 is 19.7. The van der Waals surface area contributed by atoms with E-state index in [0.717, 1.165) is 65.0 Å². The Balaban J connectivity index is 1.28. The number of benzene rings is 2. The Kier molecular flexibility index (Phi) is 5.63. The highest BCUT2D eigenvalue weighted by Gasteiger charge is 2.47. The van der Waals surface area contributed by atoms with E-state index in [1.54, 1.807) is 0 Å². The molecule has 1 aliphatic carbocycles. The number of halogens is 1. The zero-order valence-corrected chi connectivity index (χ0v) is 21.2. The summed E-state index contributed by atoms with van der Waals surface area (Å²) in [6.07, 6.45) is 2.08. The summed E-state index contributed by atoms with van der Waals surface area (Å²) in [4.78, 5) is 22.7. The van der Waals surface area contributed by atoms with Gasteiger partial charge >= 0.3 is 0 Å². The molecule has 36 heavy (non-hydrogen) atoms. The predicted molar refractivity (Wildman–Crippen MR) is 140 cm³/mol. The summed E-state index contributed by atoms with van der Waals surface area (Å²) in [5.41, 5.74) is 4.97. The molecule has 3 heterocycles. The van der Waals surface area contributed by atoms with Crippen molar-refractivity contribution in [2.75, 3.05) is 38.2 Å². The molecule has 6 rings (SSSR count). The van der Waals surface area contributed by atoms with Gasteiger partial charge in [0.1, 0.15) is 18.5 Å². The van der Waals surface area contributed by atoms with Crippen LogP contribution < -0.4 is 15.0 Å². The number of hydrogen-bond donors (Lipinski definition) is 1. The molecule has 2 saturated heterocycles. The molecule has 2 aliphatic heterocycles. The fourth-order valence-corrected chi connectivity index (χ4v) is 5.32. The molecule has 0 radical (unpaired) electrons. The van der Waals surface area contributed by atoms with E-state index in [-0.39, 0.29) is 5.91 Å². The molecule has 2 aromatic carbocycles. The quantitative estimate of drug-likeness (QED) is 0.530. The lowest BCUT2D eigenvalue weighted by molar-refractivity contribution is 0.0767. The largest absolute Gasteiger partial charge is 0.492 e. The standard InChI is InChI=1S/C29H33FN4O2/c1-18-4-6-23(36-17-21-8-11-33(21)3)14-25(18)28(35)32-29(9-10-29)26-12-22(34-15-20(30)16-34)13-27-24(26)7-5-19(2)31-27/h4-7,12-14,20-21H,8-11,15-17H2,1-3H3,(H,32,35)/t21-/m0/s1. The van der Waals surface area contributed by atoms with E-state index in [2.05, 4.69) is 29.4 Å². The third-order valence-electron chi connectivity index (χ3n) is 8.09. The normalized spacial score (nSPS) is 21.1. The van der Waals surface area contributed by atoms with Crippen LogP contribution in [0.3, 0.4) is 0 Å². The summed E-state index contributed by atoms with van der Waals surface area (Å²) >= 11 is 0. The Morgan fingerprint density at radius 2 is 1.97 bits per heavy atom. The Hall–Kier alpha value is -3.19. The molecule has 6 nitrogen and oxygen atoms in total. The van der Waals surface area contributed by atoms with Crippen molar-refractivity contribution in [1.29, 1.82) is 0 Å². The van der Waals surface area contributed by atoms with Gasteiger partial charge in [-0.15, -0.1) is 0 Å². The molecule has 1 N–H and O–H groups in total. The lowest BCUT2D eigenvalue weighted by Gasteiger charge is -2.37. The Labute approximate surface area is 211 Å². The lowest BCUT2D eigenvalue weighted by atomic mass is 9.96. The molecular weight excluding hydrogens is 455 g/mol. The number of carbonyl (C=O) groups excluding carboxylic acids is 1. The minimum atomic E-state index is -0.786. The smallest absolute Gasteiger partial charge is 0.252 e. The fraction of sp³-hybridized carbons (Fsp3) is 0.448. The summed E-state index contributed by atoms with van der Waals surface area (Å²) in [5.74, 6) is 0.629. The van der Waals surface area contributed by atoms with Crippen molar-refractivity contribution in [2.45, 2.75) is 50.9 Å². The summed E-state index contributed by atoms with van der Waals surface area (Å²) in [6.45, 7) is 6.47. The fourth-order valence-electron chi connectivity index (χ4n) is 5.32. The van der Waals surface area contributed by atoms with Crippen molar-refractivity contribution >= 4 is 22.5 Å². The van der Waals surface area contributed by atoms with E-state index >= 15 is 0 Å². The third-order valence-corrected chi connectivity index (χ3v) is 8.09. The molecule has 7 heteroatoms. The van der Waals surface area contributed by atoms with Crippen LogP contribution in [-0.4, -0.2) is 61.3 Å². The van der Waals surface area contributed by atoms with Gasteiger partial charge in [-0.25, -0.2) is 4.39 Å². The summed E-state index contributed by atoms with van der Waals surface area (Å²) in [5, 5.41) is 4.40. The number of likely N-dealkylation sites (tertiary alicyclic amines) is 1. The van der Waals surface area contributed by atoms with Gasteiger partial charge in [0.2, 0.25) is 0 Å². The number of nitrogens with zero attached hydrogens (tertiary/aromatic N) is 3. The number of ether oxygens (including phenoxy) is 1. The van der Waals surface area contributed by atoms with Gasteiger partial charge in [0.25, 0.3) is 5.91 Å². The highest BCUT2D eigenvalue weighted by molar-refractivity contribution is 5.98. The number of fused-ring (bicyclic) bond motifs is 1. The van der Waals surface area contributed by atoms with E-state index in [0.29, 0.717) is 31.3 Å². The first kappa shape index (κ1) is 23.2. The molecule has 3 aromatic rings. The number of anilines is 1. The number of aromatic nitrogens is 1. The van der Waals surface area contributed by atoms with Gasteiger partial charge in [0, 0.05) is 28.4 Å². The van der Waals surface area contributed by atoms with Gasteiger partial charge in [-0.3, -0.25) is 14.7 Å². The number of amides is 1. The number of hydrogen-bond acceptors (Lipinski definition) is 5. The Morgan fingerprint density at radius 1 is 1.17 bits per heavy atom. The van der Waals surface area contributed by atoms with Crippen molar-refractivity contribution in [2.24, 2.45) is 0 Å². The van der Waals surface area contributed by atoms with Crippen molar-refractivity contribution < 1.29 is 13.9 Å². The van der Waals surface area contributed by atoms with Crippen LogP contribution in [0.5, 0.6) is 5.75 Å². The van der Waals surface area contributed by atoms with E-state index in [1.165, 1.54) is 0 Å². The van der Waals surface area contributed by atoms with Crippen LogP contribution in [-0.2, 0) is 5.54 Å². The molecule has 0 spiro atoms. The van der Waals surface area contributed by atoms with Crippen molar-refractivity contribution in [3.63, 3.8) is 0 Å². The number of alkyl halides is 1. The van der Waals surface area contributed by atoms with Gasteiger partial charge < -0.3 is 15.0 Å². The van der Waals surface area contributed by atoms with Crippen LogP contribution in [0.4, 0.5) is 10.1 Å². The van der Waals surface area contributed by atoms with Gasteiger partial charge in [-0.1, -0.05) is 12.1 Å². The van der Waals surface area contributed by atoms with E-state index in [4.69, 9.17) is 9.72 Å². The third kappa shape index (κ3) is 4.19. The van der Waals surface area contributed by atoms with Crippen LogP contribution in [0.1, 0.15) is 46.4 Å². The molecule has 188 valence electrons. The van der Waals surface area contributed by atoms with Crippen LogP contribution >= 0.6 is 0 Å². The first-order chi connectivity index (χ1) is 17.3. The molecule has 0 bridgehead atoms. The SMILES string of the molecule is Cc1ccc2c(C3(NC(=O)c4cc(OC[C@@H]5CCN5C)ccc4C)CC3)cc(N3CC(F)C3)cc2n1. The average molecular weight is 489 g/mol. The van der Waals surface area contributed by atoms with Crippen molar-refractivity contribution in [3.05, 3.63) is 64.8 Å². The molecule has 3 fully saturated rings. The maximum absolute atomic E-state index is 13.6. The minimum absolute atomic E-state index is 0.0948. The molecule has 1 aromatic heterocycles. The van der Waals surface area contributed by atoms with Crippen LogP contribution in [0, 0.1) is 13.8 Å². The van der Waals surface area contributed by atoms with E-state index < -0.39 is 11.7 Å². The second-order valence-corrected chi connectivity index (χ2v) is 10.8. The van der Waals surface area contributed by atoms with Crippen molar-refractivity contribution in [1.82, 2.24) is 15.2 Å². The molecule has 3 aliphatic rings. The van der Waals surface area contributed by atoms with E-state index in [1.807, 2.05) is 49.1 Å². The zero-order chi connectivity index (χ0) is 25.0. The number of pyridine rings is 1. The summed E-state index contributed by atoms with van der Waals surface area (Å²) in [6, 6.07) is 14.5. The molecular formula is C29H33FN4O2. The first-order valence-corrected chi connectivity index (χ1v) is 12.9. The molecule has 1 saturated carbocycles.